The van der Waals surface area contributed by atoms with E-state index in [0.717, 1.165) is 72.6 Å². The number of rotatable bonds is 10. The molecule has 40 heavy (non-hydrogen) atoms. The van der Waals surface area contributed by atoms with Gasteiger partial charge in [0.2, 0.25) is 17.8 Å². The maximum Gasteiger partial charge on any atom is 0.234 e. The number of aromatic nitrogens is 5. The molecular weight excluding hydrogens is 543 g/mol. The van der Waals surface area contributed by atoms with E-state index in [9.17, 15) is 4.79 Å². The number of amides is 1. The van der Waals surface area contributed by atoms with E-state index in [0.29, 0.717) is 17.1 Å². The first-order valence-corrected chi connectivity index (χ1v) is 15.1. The minimum Gasteiger partial charge on any atom is -0.338 e. The van der Waals surface area contributed by atoms with Crippen LogP contribution in [0.5, 0.6) is 0 Å². The number of pyridine rings is 1. The summed E-state index contributed by atoms with van der Waals surface area (Å²) < 4.78 is 0. The molecule has 10 nitrogen and oxygen atoms in total. The lowest BCUT2D eigenvalue weighted by atomic mass is 10.2. The van der Waals surface area contributed by atoms with Crippen LogP contribution in [0.15, 0.2) is 65.0 Å². The van der Waals surface area contributed by atoms with Crippen LogP contribution in [0.3, 0.4) is 0 Å². The van der Waals surface area contributed by atoms with Crippen molar-refractivity contribution < 1.29 is 4.79 Å². The Bertz CT molecular complexity index is 1440. The van der Waals surface area contributed by atoms with Crippen LogP contribution in [0.1, 0.15) is 23.3 Å². The van der Waals surface area contributed by atoms with E-state index in [1.165, 1.54) is 17.3 Å². The molecule has 0 spiro atoms. The van der Waals surface area contributed by atoms with E-state index in [1.807, 2.05) is 49.8 Å². The molecule has 1 saturated carbocycles. The van der Waals surface area contributed by atoms with Gasteiger partial charge in [-0.15, -0.1) is 11.3 Å². The molecule has 4 aromatic rings. The van der Waals surface area contributed by atoms with Gasteiger partial charge in [-0.2, -0.15) is 15.0 Å². The van der Waals surface area contributed by atoms with Crippen LogP contribution in [0, 0.1) is 12.8 Å². The second-order valence-electron chi connectivity index (χ2n) is 9.97. The molecule has 3 aromatic heterocycles. The molecule has 0 radical (unpaired) electrons. The van der Waals surface area contributed by atoms with Crippen LogP contribution < -0.4 is 15.5 Å². The standard InChI is InChI=1S/C28H31N9OS2/c1-19-18-30-27(39-19)33-25-32-26(37-16-14-36(15-17-37)13-10-20-8-11-29-12-9-20)35-28(34-25)40-23-6-4-22(5-7-23)31-24(38)21-2-3-21/h4-9,11-12,18,21H,2-3,10,13-17H2,1H3,(H,31,38)(H,30,32,33,34,35). The third-order valence-electron chi connectivity index (χ3n) is 6.84. The molecule has 1 saturated heterocycles. The second-order valence-corrected chi connectivity index (χ2v) is 12.2. The lowest BCUT2D eigenvalue weighted by Gasteiger charge is -2.34. The summed E-state index contributed by atoms with van der Waals surface area (Å²) in [4.78, 5) is 41.7. The average molecular weight is 574 g/mol. The molecule has 1 amide bonds. The Morgan fingerprint density at radius 3 is 2.50 bits per heavy atom. The van der Waals surface area contributed by atoms with Gasteiger partial charge in [0.1, 0.15) is 0 Å². The molecule has 206 valence electrons. The fourth-order valence-corrected chi connectivity index (χ4v) is 5.81. The maximum absolute atomic E-state index is 12.1. The lowest BCUT2D eigenvalue weighted by molar-refractivity contribution is -0.117. The highest BCUT2D eigenvalue weighted by Crippen LogP contribution is 2.32. The van der Waals surface area contributed by atoms with Gasteiger partial charge in [-0.25, -0.2) is 4.98 Å². The number of nitrogens with one attached hydrogen (secondary N) is 2. The van der Waals surface area contributed by atoms with Crippen molar-refractivity contribution in [2.75, 3.05) is 48.3 Å². The molecule has 1 aromatic carbocycles. The minimum atomic E-state index is 0.105. The van der Waals surface area contributed by atoms with Gasteiger partial charge in [-0.3, -0.25) is 20.0 Å². The smallest absolute Gasteiger partial charge is 0.234 e. The van der Waals surface area contributed by atoms with Gasteiger partial charge in [0.15, 0.2) is 10.3 Å². The molecule has 2 aliphatic rings. The normalized spacial score (nSPS) is 15.7. The summed E-state index contributed by atoms with van der Waals surface area (Å²) in [6, 6.07) is 12.0. The van der Waals surface area contributed by atoms with Crippen molar-refractivity contribution in [2.45, 2.75) is 36.2 Å². The van der Waals surface area contributed by atoms with Crippen molar-refractivity contribution in [3.8, 4) is 0 Å². The number of benzene rings is 1. The molecule has 12 heteroatoms. The van der Waals surface area contributed by atoms with Crippen LogP contribution in [-0.2, 0) is 11.2 Å². The molecule has 1 aliphatic heterocycles. The summed E-state index contributed by atoms with van der Waals surface area (Å²) in [7, 11) is 0. The first-order chi connectivity index (χ1) is 19.6. The Morgan fingerprint density at radius 1 is 1.02 bits per heavy atom. The second kappa shape index (κ2) is 12.3. The topological polar surface area (TPSA) is 112 Å². The number of carbonyl (C=O) groups excluding carboxylic acids is 1. The summed E-state index contributed by atoms with van der Waals surface area (Å²) in [5.41, 5.74) is 2.11. The number of piperazine rings is 1. The molecule has 0 unspecified atom stereocenters. The number of hydrogen-bond donors (Lipinski definition) is 2. The summed E-state index contributed by atoms with van der Waals surface area (Å²) in [6.45, 7) is 6.62. The van der Waals surface area contributed by atoms with Crippen LogP contribution in [0.2, 0.25) is 0 Å². The van der Waals surface area contributed by atoms with Crippen LogP contribution in [0.4, 0.5) is 22.7 Å². The largest absolute Gasteiger partial charge is 0.338 e. The van der Waals surface area contributed by atoms with Crippen molar-refractivity contribution in [1.82, 2.24) is 29.8 Å². The number of nitrogens with zero attached hydrogens (tertiary/aromatic N) is 7. The number of hydrogen-bond acceptors (Lipinski definition) is 11. The molecule has 2 N–H and O–H groups in total. The van der Waals surface area contributed by atoms with Gasteiger partial charge >= 0.3 is 0 Å². The Morgan fingerprint density at radius 2 is 1.80 bits per heavy atom. The third kappa shape index (κ3) is 7.12. The van der Waals surface area contributed by atoms with Gasteiger partial charge in [0.05, 0.1) is 0 Å². The van der Waals surface area contributed by atoms with E-state index < -0.39 is 0 Å². The minimum absolute atomic E-state index is 0.105. The highest BCUT2D eigenvalue weighted by atomic mass is 32.2. The van der Waals surface area contributed by atoms with Gasteiger partial charge in [-0.05, 0) is 79.9 Å². The van der Waals surface area contributed by atoms with Crippen molar-refractivity contribution in [3.63, 3.8) is 0 Å². The van der Waals surface area contributed by atoms with E-state index in [1.54, 1.807) is 11.3 Å². The van der Waals surface area contributed by atoms with Gasteiger partial charge in [-0.1, -0.05) is 0 Å². The van der Waals surface area contributed by atoms with E-state index >= 15 is 0 Å². The quantitative estimate of drug-likeness (QED) is 0.278. The molecule has 0 bridgehead atoms. The number of anilines is 4. The number of carbonyl (C=O) groups is 1. The van der Waals surface area contributed by atoms with Crippen molar-refractivity contribution in [1.29, 1.82) is 0 Å². The van der Waals surface area contributed by atoms with Crippen molar-refractivity contribution >= 4 is 51.7 Å². The van der Waals surface area contributed by atoms with Crippen LogP contribution in [-0.4, -0.2) is 68.5 Å². The Kier molecular flexibility index (Phi) is 8.17. The van der Waals surface area contributed by atoms with E-state index in [-0.39, 0.29) is 11.8 Å². The zero-order chi connectivity index (χ0) is 27.3. The molecule has 0 atom stereocenters. The van der Waals surface area contributed by atoms with Gasteiger partial charge < -0.3 is 10.2 Å². The SMILES string of the molecule is Cc1cnc(Nc2nc(Sc3ccc(NC(=O)C4CC4)cc3)nc(N3CCN(CCc4ccncc4)CC3)n2)s1. The zero-order valence-electron chi connectivity index (χ0n) is 22.3. The molecule has 6 rings (SSSR count). The lowest BCUT2D eigenvalue weighted by Crippen LogP contribution is -2.47. The predicted octanol–water partition coefficient (Wildman–Crippen LogP) is 4.64. The Balaban J connectivity index is 1.14. The van der Waals surface area contributed by atoms with E-state index in [2.05, 4.69) is 42.5 Å². The average Bonchev–Trinajstić information content (AvgIpc) is 3.75. The third-order valence-corrected chi connectivity index (χ3v) is 8.54. The summed E-state index contributed by atoms with van der Waals surface area (Å²) in [5, 5.41) is 7.61. The van der Waals surface area contributed by atoms with Crippen LogP contribution >= 0.6 is 23.1 Å². The Hall–Kier alpha value is -3.61. The number of thiazole rings is 1. The van der Waals surface area contributed by atoms with Crippen molar-refractivity contribution in [2.24, 2.45) is 5.92 Å². The number of aryl methyl sites for hydroxylation is 1. The predicted molar refractivity (Wildman–Crippen MR) is 158 cm³/mol. The highest BCUT2D eigenvalue weighted by Gasteiger charge is 2.29. The summed E-state index contributed by atoms with van der Waals surface area (Å²) >= 11 is 3.04. The fourth-order valence-electron chi connectivity index (χ4n) is 4.41. The van der Waals surface area contributed by atoms with Gasteiger partial charge in [0, 0.05) is 72.7 Å². The molecular formula is C28H31N9OS2. The summed E-state index contributed by atoms with van der Waals surface area (Å²) in [6.07, 6.45) is 8.52. The first-order valence-electron chi connectivity index (χ1n) is 13.5. The van der Waals surface area contributed by atoms with Crippen LogP contribution in [0.25, 0.3) is 0 Å². The first kappa shape index (κ1) is 26.6. The molecule has 1 aliphatic carbocycles. The van der Waals surface area contributed by atoms with E-state index in [4.69, 9.17) is 15.0 Å². The van der Waals surface area contributed by atoms with Gasteiger partial charge in [0.25, 0.3) is 0 Å². The molecule has 2 fully saturated rings. The Labute approximate surface area is 241 Å². The highest BCUT2D eigenvalue weighted by molar-refractivity contribution is 7.99. The summed E-state index contributed by atoms with van der Waals surface area (Å²) in [5.74, 6) is 1.42. The maximum atomic E-state index is 12.1. The molecule has 4 heterocycles. The van der Waals surface area contributed by atoms with Crippen molar-refractivity contribution in [3.05, 3.63) is 65.4 Å². The monoisotopic (exact) mass is 573 g/mol. The zero-order valence-corrected chi connectivity index (χ0v) is 23.9. The fraction of sp³-hybridized carbons (Fsp3) is 0.357.